The summed E-state index contributed by atoms with van der Waals surface area (Å²) in [6, 6.07) is 0. The van der Waals surface area contributed by atoms with Crippen molar-refractivity contribution in [3.05, 3.63) is 117 Å². The van der Waals surface area contributed by atoms with E-state index in [1.807, 2.05) is 19.1 Å². The maximum Gasteiger partial charge on any atom is 0.0586 e. The van der Waals surface area contributed by atoms with E-state index >= 15 is 0 Å². The topological polar surface area (TPSA) is 40.5 Å². The predicted octanol–water partition coefficient (Wildman–Crippen LogP) is 9.99. The van der Waals surface area contributed by atoms with Crippen LogP contribution in [0.4, 0.5) is 0 Å². The Morgan fingerprint density at radius 1 is 0.667 bits per heavy atom. The van der Waals surface area contributed by atoms with Crippen LogP contribution in [0, 0.1) is 22.7 Å². The highest BCUT2D eigenvalue weighted by atomic mass is 16.3. The fourth-order valence-corrected chi connectivity index (χ4v) is 5.95. The van der Waals surface area contributed by atoms with E-state index in [9.17, 15) is 10.2 Å². The van der Waals surface area contributed by atoms with Crippen molar-refractivity contribution in [3.8, 4) is 11.8 Å². The third-order valence-electron chi connectivity index (χ3n) is 8.02. The number of aliphatic hydroxyl groups is 2. The predicted molar refractivity (Wildman–Crippen MR) is 183 cm³/mol. The molecule has 0 aromatic carbocycles. The van der Waals surface area contributed by atoms with E-state index < -0.39 is 0 Å². The zero-order valence-corrected chi connectivity index (χ0v) is 27.8. The second kappa shape index (κ2) is 15.9. The van der Waals surface area contributed by atoms with Gasteiger partial charge in [-0.1, -0.05) is 140 Å². The zero-order chi connectivity index (χ0) is 31.5. The van der Waals surface area contributed by atoms with E-state index in [1.165, 1.54) is 33.4 Å². The molecular weight excluding hydrogens is 512 g/mol. The summed E-state index contributed by atoms with van der Waals surface area (Å²) >= 11 is 0. The van der Waals surface area contributed by atoms with Crippen molar-refractivity contribution in [2.45, 2.75) is 107 Å². The first-order valence-electron chi connectivity index (χ1n) is 15.3. The lowest BCUT2D eigenvalue weighted by Crippen LogP contribution is -2.28. The van der Waals surface area contributed by atoms with Crippen LogP contribution in [0.25, 0.3) is 0 Å². The molecule has 0 bridgehead atoms. The quantitative estimate of drug-likeness (QED) is 0.227. The van der Waals surface area contributed by atoms with E-state index in [2.05, 4.69) is 135 Å². The van der Waals surface area contributed by atoms with Gasteiger partial charge in [0.05, 0.1) is 12.2 Å². The molecule has 0 saturated carbocycles. The van der Waals surface area contributed by atoms with Crippen LogP contribution in [0.1, 0.15) is 94.9 Å². The highest BCUT2D eigenvalue weighted by molar-refractivity contribution is 5.45. The second-order valence-electron chi connectivity index (χ2n) is 13.5. The monoisotopic (exact) mass is 566 g/mol. The summed E-state index contributed by atoms with van der Waals surface area (Å²) in [5.41, 5.74) is 9.48. The molecule has 0 heterocycles. The number of aliphatic hydroxyl groups excluding tert-OH is 2. The van der Waals surface area contributed by atoms with E-state index in [1.54, 1.807) is 0 Å². The Bertz CT molecular complexity index is 1340. The molecular formula is C40H54O2. The number of allylic oxidation sites excluding steroid dienone is 18. The summed E-state index contributed by atoms with van der Waals surface area (Å²) < 4.78 is 0. The van der Waals surface area contributed by atoms with E-state index in [0.29, 0.717) is 0 Å². The number of hydrogen-bond acceptors (Lipinski definition) is 2. The molecule has 2 aliphatic carbocycles. The average molecular weight is 567 g/mol. The van der Waals surface area contributed by atoms with Crippen molar-refractivity contribution < 1.29 is 10.2 Å². The van der Waals surface area contributed by atoms with Crippen molar-refractivity contribution in [1.82, 2.24) is 0 Å². The average Bonchev–Trinajstić information content (AvgIpc) is 2.84. The van der Waals surface area contributed by atoms with Gasteiger partial charge in [0, 0.05) is 11.0 Å². The van der Waals surface area contributed by atoms with Gasteiger partial charge in [-0.3, -0.25) is 0 Å². The Morgan fingerprint density at radius 2 is 1.14 bits per heavy atom. The van der Waals surface area contributed by atoms with Gasteiger partial charge in [0.15, 0.2) is 0 Å². The molecule has 0 radical (unpaired) electrons. The third-order valence-corrected chi connectivity index (χ3v) is 8.02. The molecule has 0 spiro atoms. The van der Waals surface area contributed by atoms with Crippen LogP contribution in [0.15, 0.2) is 117 Å². The second-order valence-corrected chi connectivity index (χ2v) is 13.5. The van der Waals surface area contributed by atoms with Crippen molar-refractivity contribution in [2.75, 3.05) is 0 Å². The Morgan fingerprint density at radius 3 is 1.69 bits per heavy atom. The summed E-state index contributed by atoms with van der Waals surface area (Å²) in [7, 11) is 0. The first kappa shape index (κ1) is 35.1. The van der Waals surface area contributed by atoms with Crippen LogP contribution in [0.2, 0.25) is 0 Å². The molecule has 0 unspecified atom stereocenters. The minimum absolute atomic E-state index is 0.00283. The Hall–Kier alpha value is -3.12. The first-order valence-corrected chi connectivity index (χ1v) is 15.3. The van der Waals surface area contributed by atoms with Crippen LogP contribution < -0.4 is 0 Å². The Kier molecular flexibility index (Phi) is 13.3. The van der Waals surface area contributed by atoms with Gasteiger partial charge in [-0.05, 0) is 83.8 Å². The molecule has 0 amide bonds. The molecule has 2 atom stereocenters. The molecule has 2 heteroatoms. The summed E-state index contributed by atoms with van der Waals surface area (Å²) in [5.74, 6) is 6.68. The molecule has 0 aromatic rings. The van der Waals surface area contributed by atoms with Gasteiger partial charge < -0.3 is 10.2 Å². The molecule has 2 aliphatic rings. The molecule has 2 N–H and O–H groups in total. The minimum atomic E-state index is -0.260. The van der Waals surface area contributed by atoms with Gasteiger partial charge in [-0.2, -0.15) is 0 Å². The van der Waals surface area contributed by atoms with Gasteiger partial charge in [0.1, 0.15) is 0 Å². The molecule has 42 heavy (non-hydrogen) atoms. The number of hydrogen-bond donors (Lipinski definition) is 2. The van der Waals surface area contributed by atoms with Crippen LogP contribution >= 0.6 is 0 Å². The molecule has 0 saturated heterocycles. The van der Waals surface area contributed by atoms with Crippen molar-refractivity contribution in [2.24, 2.45) is 10.8 Å². The minimum Gasteiger partial charge on any atom is -0.393 e. The lowest BCUT2D eigenvalue weighted by molar-refractivity contribution is 0.116. The Labute approximate surface area is 257 Å². The first-order chi connectivity index (χ1) is 19.6. The smallest absolute Gasteiger partial charge is 0.0586 e. The van der Waals surface area contributed by atoms with Crippen molar-refractivity contribution >= 4 is 0 Å². The van der Waals surface area contributed by atoms with Gasteiger partial charge >= 0.3 is 0 Å². The van der Waals surface area contributed by atoms with Crippen LogP contribution in [0.3, 0.4) is 0 Å². The normalized spacial score (nSPS) is 24.5. The van der Waals surface area contributed by atoms with Crippen LogP contribution in [-0.2, 0) is 0 Å². The molecule has 0 aromatic heterocycles. The van der Waals surface area contributed by atoms with E-state index in [4.69, 9.17) is 0 Å². The molecule has 2 rings (SSSR count). The van der Waals surface area contributed by atoms with E-state index in [0.717, 1.165) is 36.8 Å². The van der Waals surface area contributed by atoms with Gasteiger partial charge in [-0.25, -0.2) is 0 Å². The molecule has 0 aliphatic heterocycles. The highest BCUT2D eigenvalue weighted by Gasteiger charge is 2.32. The van der Waals surface area contributed by atoms with Crippen LogP contribution in [-0.4, -0.2) is 22.4 Å². The molecule has 226 valence electrons. The Balaban J connectivity index is 1.92. The summed E-state index contributed by atoms with van der Waals surface area (Å²) in [6.45, 7) is 21.3. The fraction of sp³-hybridized carbons (Fsp3) is 0.450. The third kappa shape index (κ3) is 11.6. The molecule has 0 fully saturated rings. The lowest BCUT2D eigenvalue weighted by atomic mass is 9.71. The van der Waals surface area contributed by atoms with Crippen molar-refractivity contribution in [1.29, 1.82) is 0 Å². The van der Waals surface area contributed by atoms with E-state index in [-0.39, 0.29) is 23.0 Å². The van der Waals surface area contributed by atoms with Gasteiger partial charge in [-0.15, -0.1) is 0 Å². The van der Waals surface area contributed by atoms with Crippen LogP contribution in [0.5, 0.6) is 0 Å². The summed E-state index contributed by atoms with van der Waals surface area (Å²) in [4.78, 5) is 0. The maximum absolute atomic E-state index is 10.1. The highest BCUT2D eigenvalue weighted by Crippen LogP contribution is 2.41. The summed E-state index contributed by atoms with van der Waals surface area (Å²) in [6.07, 6.45) is 27.8. The lowest BCUT2D eigenvalue weighted by Gasteiger charge is -2.35. The SMILES string of the molecule is CC1=C(C#C/C(C)=C/C=C/C(C)=C/C=C/C=C(C)/C=C/C=C(C)/C=C/C2=C(C)C[C@H](O)CC2(C)C)C(C)(C)C[C@@H](O)C1. The van der Waals surface area contributed by atoms with Gasteiger partial charge in [0.2, 0.25) is 0 Å². The molecule has 2 nitrogen and oxygen atoms in total. The fourth-order valence-electron chi connectivity index (χ4n) is 5.95. The van der Waals surface area contributed by atoms with Crippen molar-refractivity contribution in [3.63, 3.8) is 0 Å². The number of rotatable bonds is 8. The maximum atomic E-state index is 10.1. The largest absolute Gasteiger partial charge is 0.393 e. The standard InChI is InChI=1S/C40H54O2/c1-29(17-13-19-31(3)21-23-37-33(5)25-35(41)27-39(37,7)8)15-11-12-16-30(2)18-14-20-32(4)22-24-38-34(6)26-36(42)28-40(38,9)10/h11-21,23,35-36,41-42H,25-28H2,1-10H3/b12-11+,17-13+,18-14+,23-21+,29-15+,30-16+,31-19+,32-20+/t35-,36-/m0/s1. The zero-order valence-electron chi connectivity index (χ0n) is 27.8. The van der Waals surface area contributed by atoms with Gasteiger partial charge in [0.25, 0.3) is 0 Å². The summed E-state index contributed by atoms with van der Waals surface area (Å²) in [5, 5.41) is 20.2.